The van der Waals surface area contributed by atoms with Crippen molar-refractivity contribution in [2.24, 2.45) is 5.92 Å². The van der Waals surface area contributed by atoms with Crippen molar-refractivity contribution in [1.29, 1.82) is 0 Å². The molecule has 1 atom stereocenters. The van der Waals surface area contributed by atoms with Crippen molar-refractivity contribution >= 4 is 5.95 Å². The van der Waals surface area contributed by atoms with Gasteiger partial charge in [-0.15, -0.1) is 0 Å². The van der Waals surface area contributed by atoms with Gasteiger partial charge < -0.3 is 14.4 Å². The molecule has 2 aromatic rings. The number of nitrogens with zero attached hydrogens (tertiary/aromatic N) is 6. The summed E-state index contributed by atoms with van der Waals surface area (Å²) in [5.41, 5.74) is 0. The monoisotopic (exact) mass is 300 g/mol. The highest BCUT2D eigenvalue weighted by atomic mass is 15.3. The van der Waals surface area contributed by atoms with Gasteiger partial charge in [0.25, 0.3) is 0 Å². The van der Waals surface area contributed by atoms with Crippen LogP contribution in [0.4, 0.5) is 5.95 Å². The maximum absolute atomic E-state index is 4.49. The van der Waals surface area contributed by atoms with Crippen LogP contribution in [0.2, 0.25) is 0 Å². The van der Waals surface area contributed by atoms with Crippen LogP contribution in [0, 0.1) is 5.92 Å². The highest BCUT2D eigenvalue weighted by Crippen LogP contribution is 2.20. The molecule has 0 aromatic carbocycles. The normalized spacial score (nSPS) is 18.6. The summed E-state index contributed by atoms with van der Waals surface area (Å²) in [5.74, 6) is 2.39. The third-order valence-electron chi connectivity index (χ3n) is 4.33. The minimum absolute atomic E-state index is 0.520. The molecule has 0 spiro atoms. The van der Waals surface area contributed by atoms with Crippen LogP contribution in [-0.4, -0.2) is 50.6 Å². The molecule has 6 heteroatoms. The topological polar surface area (TPSA) is 50.1 Å². The van der Waals surface area contributed by atoms with Crippen molar-refractivity contribution in [2.45, 2.75) is 33.0 Å². The number of fused-ring (bicyclic) bond motifs is 1. The van der Waals surface area contributed by atoms with Gasteiger partial charge in [-0.05, 0) is 27.0 Å². The van der Waals surface area contributed by atoms with Crippen molar-refractivity contribution in [3.8, 4) is 0 Å². The molecular formula is C16H24N6. The number of imidazole rings is 1. The highest BCUT2D eigenvalue weighted by Gasteiger charge is 2.25. The van der Waals surface area contributed by atoms with Crippen LogP contribution in [0.25, 0.3) is 0 Å². The lowest BCUT2D eigenvalue weighted by Gasteiger charge is -2.29. The van der Waals surface area contributed by atoms with Crippen molar-refractivity contribution in [3.05, 3.63) is 36.7 Å². The number of hydrogen-bond donors (Lipinski definition) is 0. The Morgan fingerprint density at radius 2 is 1.95 bits per heavy atom. The van der Waals surface area contributed by atoms with Gasteiger partial charge in [0.15, 0.2) is 0 Å². The zero-order valence-electron chi connectivity index (χ0n) is 13.6. The minimum atomic E-state index is 0.520. The third kappa shape index (κ3) is 3.27. The Labute approximate surface area is 131 Å². The second-order valence-electron chi connectivity index (χ2n) is 6.32. The molecule has 0 saturated heterocycles. The smallest absolute Gasteiger partial charge is 0.225 e. The van der Waals surface area contributed by atoms with Crippen molar-refractivity contribution in [3.63, 3.8) is 0 Å². The fourth-order valence-electron chi connectivity index (χ4n) is 2.88. The second kappa shape index (κ2) is 6.44. The SMILES string of the molecule is CC(C)N(C)C[C@@H]1CN(c2ncccn2)Cc2nccn2C1. The van der Waals surface area contributed by atoms with Gasteiger partial charge in [0.1, 0.15) is 5.82 Å². The van der Waals surface area contributed by atoms with Gasteiger partial charge in [0, 0.05) is 56.4 Å². The number of aromatic nitrogens is 4. The molecule has 6 nitrogen and oxygen atoms in total. The first kappa shape index (κ1) is 15.0. The summed E-state index contributed by atoms with van der Waals surface area (Å²) in [5, 5.41) is 0. The van der Waals surface area contributed by atoms with Crippen LogP contribution in [0.3, 0.4) is 0 Å². The van der Waals surface area contributed by atoms with E-state index in [-0.39, 0.29) is 0 Å². The second-order valence-corrected chi connectivity index (χ2v) is 6.32. The average Bonchev–Trinajstić information content (AvgIpc) is 2.87. The molecule has 0 aliphatic carbocycles. The molecule has 2 aromatic heterocycles. The van der Waals surface area contributed by atoms with Gasteiger partial charge >= 0.3 is 0 Å². The molecule has 0 radical (unpaired) electrons. The maximum atomic E-state index is 4.49. The van der Waals surface area contributed by atoms with Gasteiger partial charge in [-0.1, -0.05) is 0 Å². The number of rotatable bonds is 4. The number of anilines is 1. The van der Waals surface area contributed by atoms with E-state index >= 15 is 0 Å². The van der Waals surface area contributed by atoms with Crippen LogP contribution >= 0.6 is 0 Å². The van der Waals surface area contributed by atoms with Crippen LogP contribution in [0.15, 0.2) is 30.9 Å². The van der Waals surface area contributed by atoms with Crippen molar-refractivity contribution < 1.29 is 0 Å². The fraction of sp³-hybridized carbons (Fsp3) is 0.562. The summed E-state index contributed by atoms with van der Waals surface area (Å²) in [4.78, 5) is 18.0. The zero-order valence-corrected chi connectivity index (χ0v) is 13.6. The van der Waals surface area contributed by atoms with Crippen LogP contribution in [0.5, 0.6) is 0 Å². The van der Waals surface area contributed by atoms with Gasteiger partial charge in [-0.25, -0.2) is 15.0 Å². The first-order chi connectivity index (χ1) is 10.6. The fourth-order valence-corrected chi connectivity index (χ4v) is 2.88. The lowest BCUT2D eigenvalue weighted by molar-refractivity contribution is 0.221. The Hall–Kier alpha value is -1.95. The van der Waals surface area contributed by atoms with Gasteiger partial charge in [0.2, 0.25) is 5.95 Å². The molecule has 118 valence electrons. The van der Waals surface area contributed by atoms with Crippen molar-refractivity contribution in [1.82, 2.24) is 24.4 Å². The third-order valence-corrected chi connectivity index (χ3v) is 4.33. The molecule has 0 unspecified atom stereocenters. The van der Waals surface area contributed by atoms with E-state index in [4.69, 9.17) is 0 Å². The Bertz CT molecular complexity index is 594. The largest absolute Gasteiger partial charge is 0.333 e. The molecule has 0 N–H and O–H groups in total. The van der Waals surface area contributed by atoms with Crippen LogP contribution < -0.4 is 4.90 Å². The standard InChI is InChI=1S/C16H24N6/c1-13(2)20(3)9-14-10-21-8-7-17-15(21)12-22(11-14)16-18-5-4-6-19-16/h4-8,13-14H,9-12H2,1-3H3/t14-/m0/s1. The van der Waals surface area contributed by atoms with Gasteiger partial charge in [-0.2, -0.15) is 0 Å². The average molecular weight is 300 g/mol. The maximum Gasteiger partial charge on any atom is 0.225 e. The molecule has 1 aliphatic rings. The first-order valence-corrected chi connectivity index (χ1v) is 7.85. The summed E-state index contributed by atoms with van der Waals surface area (Å²) in [7, 11) is 2.19. The van der Waals surface area contributed by atoms with E-state index in [1.165, 1.54) is 0 Å². The Kier molecular flexibility index (Phi) is 4.38. The summed E-state index contributed by atoms with van der Waals surface area (Å²) < 4.78 is 2.27. The van der Waals surface area contributed by atoms with E-state index < -0.39 is 0 Å². The van der Waals surface area contributed by atoms with E-state index in [9.17, 15) is 0 Å². The first-order valence-electron chi connectivity index (χ1n) is 7.85. The van der Waals surface area contributed by atoms with Gasteiger partial charge in [-0.3, -0.25) is 0 Å². The quantitative estimate of drug-likeness (QED) is 0.859. The summed E-state index contributed by atoms with van der Waals surface area (Å²) >= 11 is 0. The molecule has 0 fully saturated rings. The van der Waals surface area contributed by atoms with Crippen molar-refractivity contribution in [2.75, 3.05) is 25.0 Å². The predicted octanol–water partition coefficient (Wildman–Crippen LogP) is 1.65. The minimum Gasteiger partial charge on any atom is -0.333 e. The number of hydrogen-bond acceptors (Lipinski definition) is 5. The lowest BCUT2D eigenvalue weighted by atomic mass is 10.1. The molecule has 3 heterocycles. The lowest BCUT2D eigenvalue weighted by Crippen LogP contribution is -2.38. The molecule has 22 heavy (non-hydrogen) atoms. The zero-order chi connectivity index (χ0) is 15.5. The molecule has 0 saturated carbocycles. The summed E-state index contributed by atoms with van der Waals surface area (Å²) in [6, 6.07) is 2.40. The molecular weight excluding hydrogens is 276 g/mol. The molecule has 0 bridgehead atoms. The van der Waals surface area contributed by atoms with Gasteiger partial charge in [0.05, 0.1) is 6.54 Å². The van der Waals surface area contributed by atoms with E-state index in [0.29, 0.717) is 12.0 Å². The van der Waals surface area contributed by atoms with E-state index in [2.05, 4.69) is 56.4 Å². The summed E-state index contributed by atoms with van der Waals surface area (Å²) in [6.07, 6.45) is 7.56. The summed E-state index contributed by atoms with van der Waals surface area (Å²) in [6.45, 7) is 8.23. The van der Waals surface area contributed by atoms with Crippen LogP contribution in [-0.2, 0) is 13.1 Å². The Balaban J connectivity index is 1.83. The van der Waals surface area contributed by atoms with E-state index in [1.807, 2.05) is 12.3 Å². The molecule has 3 rings (SSSR count). The Morgan fingerprint density at radius 3 is 2.68 bits per heavy atom. The van der Waals surface area contributed by atoms with E-state index in [0.717, 1.165) is 38.0 Å². The Morgan fingerprint density at radius 1 is 1.18 bits per heavy atom. The molecule has 0 amide bonds. The van der Waals surface area contributed by atoms with Crippen LogP contribution in [0.1, 0.15) is 19.7 Å². The highest BCUT2D eigenvalue weighted by molar-refractivity contribution is 5.29. The predicted molar refractivity (Wildman–Crippen MR) is 86.6 cm³/mol. The van der Waals surface area contributed by atoms with E-state index in [1.54, 1.807) is 12.4 Å². The molecule has 1 aliphatic heterocycles.